The van der Waals surface area contributed by atoms with Gasteiger partial charge in [-0.2, -0.15) is 13.2 Å². The average molecular weight is 469 g/mol. The zero-order valence-electron chi connectivity index (χ0n) is 17.0. The third kappa shape index (κ3) is 4.96. The number of amides is 1. The first kappa shape index (κ1) is 22.7. The van der Waals surface area contributed by atoms with E-state index in [1.54, 1.807) is 0 Å². The number of carbonyl (C=O) groups is 2. The number of alkyl halides is 3. The van der Waals surface area contributed by atoms with Crippen molar-refractivity contribution in [3.8, 4) is 0 Å². The predicted molar refractivity (Wildman–Crippen MR) is 111 cm³/mol. The summed E-state index contributed by atoms with van der Waals surface area (Å²) in [7, 11) is 0. The molecule has 2 aliphatic rings. The molecule has 1 N–H and O–H groups in total. The Morgan fingerprint density at radius 1 is 1.06 bits per heavy atom. The highest BCUT2D eigenvalue weighted by Gasteiger charge is 2.55. The monoisotopic (exact) mass is 468 g/mol. The van der Waals surface area contributed by atoms with E-state index in [-0.39, 0.29) is 45.8 Å². The molecule has 170 valence electrons. The minimum absolute atomic E-state index is 0.00944. The van der Waals surface area contributed by atoms with E-state index in [0.29, 0.717) is 13.1 Å². The van der Waals surface area contributed by atoms with Crippen LogP contribution in [-0.2, 0) is 6.18 Å². The van der Waals surface area contributed by atoms with E-state index in [1.165, 1.54) is 18.2 Å². The molecule has 0 aromatic heterocycles. The van der Waals surface area contributed by atoms with Crippen molar-refractivity contribution in [2.75, 3.05) is 19.6 Å². The van der Waals surface area contributed by atoms with Crippen molar-refractivity contribution in [2.45, 2.75) is 31.5 Å². The molecule has 1 atom stereocenters. The van der Waals surface area contributed by atoms with E-state index in [4.69, 9.17) is 11.6 Å². The summed E-state index contributed by atoms with van der Waals surface area (Å²) in [5.74, 6) is -1.16. The second kappa shape index (κ2) is 8.48. The number of hydrogen-bond acceptors (Lipinski definition) is 3. The van der Waals surface area contributed by atoms with Crippen molar-refractivity contribution in [3.05, 3.63) is 70.0 Å². The molecule has 0 unspecified atom stereocenters. The Kier molecular flexibility index (Phi) is 6.02. The van der Waals surface area contributed by atoms with E-state index in [9.17, 15) is 27.2 Å². The average Bonchev–Trinajstić information content (AvgIpc) is 3.39. The fraction of sp³-hybridized carbons (Fsp3) is 0.391. The van der Waals surface area contributed by atoms with Crippen LogP contribution in [0, 0.1) is 11.2 Å². The Morgan fingerprint density at radius 3 is 2.31 bits per heavy atom. The lowest BCUT2D eigenvalue weighted by molar-refractivity contribution is -0.137. The minimum Gasteiger partial charge on any atom is -0.349 e. The van der Waals surface area contributed by atoms with E-state index in [1.807, 2.05) is 4.90 Å². The number of piperidine rings is 1. The lowest BCUT2D eigenvalue weighted by Gasteiger charge is -2.32. The van der Waals surface area contributed by atoms with Gasteiger partial charge in [0.1, 0.15) is 5.82 Å². The van der Waals surface area contributed by atoms with Gasteiger partial charge in [-0.1, -0.05) is 23.7 Å². The summed E-state index contributed by atoms with van der Waals surface area (Å²) in [6, 6.07) is 7.95. The Balaban J connectivity index is 1.27. The molecule has 0 bridgehead atoms. The number of benzene rings is 2. The van der Waals surface area contributed by atoms with Gasteiger partial charge >= 0.3 is 6.18 Å². The number of halogens is 5. The maximum absolute atomic E-state index is 13.5. The number of carbonyl (C=O) groups excluding carboxylic acids is 2. The highest BCUT2D eigenvalue weighted by molar-refractivity contribution is 6.31. The molecule has 1 heterocycles. The lowest BCUT2D eigenvalue weighted by Crippen LogP contribution is -2.41. The first-order chi connectivity index (χ1) is 15.1. The fourth-order valence-corrected chi connectivity index (χ4v) is 4.55. The number of rotatable bonds is 5. The van der Waals surface area contributed by atoms with Crippen LogP contribution in [0.3, 0.4) is 0 Å². The molecule has 2 fully saturated rings. The molecule has 4 nitrogen and oxygen atoms in total. The Bertz CT molecular complexity index is 1010. The number of nitrogens with one attached hydrogen (secondary N) is 1. The maximum Gasteiger partial charge on any atom is 0.416 e. The number of nitrogens with zero attached hydrogens (tertiary/aromatic N) is 1. The topological polar surface area (TPSA) is 49.4 Å². The Hall–Kier alpha value is -2.45. The summed E-state index contributed by atoms with van der Waals surface area (Å²) >= 11 is 5.81. The molecule has 2 aromatic carbocycles. The largest absolute Gasteiger partial charge is 0.416 e. The van der Waals surface area contributed by atoms with Crippen LogP contribution in [0.15, 0.2) is 42.5 Å². The minimum atomic E-state index is -4.43. The third-order valence-electron chi connectivity index (χ3n) is 6.37. The van der Waals surface area contributed by atoms with E-state index >= 15 is 0 Å². The van der Waals surface area contributed by atoms with Crippen molar-refractivity contribution in [2.24, 2.45) is 5.41 Å². The second-order valence-electron chi connectivity index (χ2n) is 8.53. The molecule has 2 aromatic rings. The maximum atomic E-state index is 13.5. The van der Waals surface area contributed by atoms with Crippen molar-refractivity contribution >= 4 is 23.3 Å². The number of Topliss-reactive ketones (excluding diaryl/α,β-unsaturated/α-hetero) is 1. The molecular weight excluding hydrogens is 448 g/mol. The van der Waals surface area contributed by atoms with E-state index < -0.39 is 17.6 Å². The first-order valence-electron chi connectivity index (χ1n) is 10.3. The van der Waals surface area contributed by atoms with E-state index in [0.717, 1.165) is 43.5 Å². The highest BCUT2D eigenvalue weighted by atomic mass is 35.5. The normalized spacial score (nSPS) is 20.2. The Morgan fingerprint density at radius 2 is 1.72 bits per heavy atom. The molecule has 0 radical (unpaired) electrons. The number of hydrogen-bond donors (Lipinski definition) is 1. The van der Waals surface area contributed by atoms with Crippen molar-refractivity contribution in [1.29, 1.82) is 0 Å². The van der Waals surface area contributed by atoms with Gasteiger partial charge in [-0.25, -0.2) is 4.39 Å². The third-order valence-corrected chi connectivity index (χ3v) is 6.59. The fourth-order valence-electron chi connectivity index (χ4n) is 4.33. The van der Waals surface area contributed by atoms with E-state index in [2.05, 4.69) is 5.32 Å². The van der Waals surface area contributed by atoms with Crippen molar-refractivity contribution < 1.29 is 27.2 Å². The highest BCUT2D eigenvalue weighted by Crippen LogP contribution is 2.54. The molecule has 1 spiro atoms. The Labute approximate surface area is 187 Å². The molecule has 1 amide bonds. The predicted octanol–water partition coefficient (Wildman–Crippen LogP) is 4.97. The van der Waals surface area contributed by atoms with Gasteiger partial charge in [0, 0.05) is 22.2 Å². The summed E-state index contributed by atoms with van der Waals surface area (Å²) in [6.07, 6.45) is -2.02. The van der Waals surface area contributed by atoms with Crippen LogP contribution in [-0.4, -0.2) is 42.3 Å². The van der Waals surface area contributed by atoms with Crippen molar-refractivity contribution in [3.63, 3.8) is 0 Å². The van der Waals surface area contributed by atoms with Gasteiger partial charge in [-0.05, 0) is 68.1 Å². The van der Waals surface area contributed by atoms with Crippen LogP contribution in [0.25, 0.3) is 0 Å². The number of likely N-dealkylation sites (tertiary alicyclic amines) is 1. The SMILES string of the molecule is O=C(CN1CCC2(CC1)C[C@@H]2NC(=O)c1cc(F)cc(Cl)c1)c1ccc(C(F)(F)F)cc1. The summed E-state index contributed by atoms with van der Waals surface area (Å²) in [5, 5.41) is 3.10. The van der Waals surface area contributed by atoms with Crippen molar-refractivity contribution in [1.82, 2.24) is 10.2 Å². The number of ketones is 1. The molecule has 1 aliphatic heterocycles. The van der Waals surface area contributed by atoms with Gasteiger partial charge < -0.3 is 5.32 Å². The van der Waals surface area contributed by atoms with Gasteiger partial charge in [-0.3, -0.25) is 14.5 Å². The molecule has 1 saturated heterocycles. The van der Waals surface area contributed by atoms with Gasteiger partial charge in [0.25, 0.3) is 5.91 Å². The molecule has 32 heavy (non-hydrogen) atoms. The quantitative estimate of drug-likeness (QED) is 0.498. The van der Waals surface area contributed by atoms with Gasteiger partial charge in [0.15, 0.2) is 5.78 Å². The van der Waals surface area contributed by atoms with Gasteiger partial charge in [-0.15, -0.1) is 0 Å². The lowest BCUT2D eigenvalue weighted by atomic mass is 9.92. The zero-order chi connectivity index (χ0) is 23.1. The molecule has 4 rings (SSSR count). The summed E-state index contributed by atoms with van der Waals surface area (Å²) in [5.41, 5.74) is -0.378. The molecule has 1 aliphatic carbocycles. The van der Waals surface area contributed by atoms with Crippen LogP contribution >= 0.6 is 11.6 Å². The van der Waals surface area contributed by atoms with Gasteiger partial charge in [0.2, 0.25) is 0 Å². The standard InChI is InChI=1S/C23H21ClF4N2O2/c24-17-9-15(10-18(25)11-17)21(32)29-20-12-22(20)5-7-30(8-6-22)13-19(31)14-1-3-16(4-2-14)23(26,27)28/h1-4,9-11,20H,5-8,12-13H2,(H,29,32)/t20-/m0/s1. The van der Waals surface area contributed by atoms with Crippen LogP contribution in [0.2, 0.25) is 5.02 Å². The van der Waals surface area contributed by atoms with Crippen LogP contribution < -0.4 is 5.32 Å². The van der Waals surface area contributed by atoms with Gasteiger partial charge in [0.05, 0.1) is 12.1 Å². The molecular formula is C23H21ClF4N2O2. The van der Waals surface area contributed by atoms with Crippen LogP contribution in [0.5, 0.6) is 0 Å². The summed E-state index contributed by atoms with van der Waals surface area (Å²) in [4.78, 5) is 26.8. The van der Waals surface area contributed by atoms with Crippen LogP contribution in [0.1, 0.15) is 45.5 Å². The first-order valence-corrected chi connectivity index (χ1v) is 10.6. The second-order valence-corrected chi connectivity index (χ2v) is 8.96. The smallest absolute Gasteiger partial charge is 0.349 e. The van der Waals surface area contributed by atoms with Crippen LogP contribution in [0.4, 0.5) is 17.6 Å². The summed E-state index contributed by atoms with van der Waals surface area (Å²) in [6.45, 7) is 1.45. The molecule has 1 saturated carbocycles. The molecule has 9 heteroatoms. The zero-order valence-corrected chi connectivity index (χ0v) is 17.8. The summed E-state index contributed by atoms with van der Waals surface area (Å²) < 4.78 is 51.5.